The SMILES string of the molecule is Cc1ccc(S(=O)(=O)NCC(C)(C)C)cc1-c1cc(Cl)ccc1OCC(=O)O. The van der Waals surface area contributed by atoms with E-state index in [0.717, 1.165) is 5.56 Å². The summed E-state index contributed by atoms with van der Waals surface area (Å²) in [6.45, 7) is 7.42. The summed E-state index contributed by atoms with van der Waals surface area (Å²) in [7, 11) is -3.71. The molecule has 8 heteroatoms. The third-order valence-corrected chi connectivity index (χ3v) is 5.53. The van der Waals surface area contributed by atoms with Crippen molar-refractivity contribution in [2.24, 2.45) is 5.41 Å². The highest BCUT2D eigenvalue weighted by Crippen LogP contribution is 2.36. The Morgan fingerprint density at radius 1 is 1.14 bits per heavy atom. The van der Waals surface area contributed by atoms with Gasteiger partial charge >= 0.3 is 5.97 Å². The summed E-state index contributed by atoms with van der Waals surface area (Å²) >= 11 is 6.11. The van der Waals surface area contributed by atoms with Gasteiger partial charge in [-0.05, 0) is 53.8 Å². The normalized spacial score (nSPS) is 12.0. The molecule has 0 saturated carbocycles. The molecule has 6 nitrogen and oxygen atoms in total. The van der Waals surface area contributed by atoms with Crippen LogP contribution in [-0.4, -0.2) is 32.6 Å². The maximum absolute atomic E-state index is 12.7. The summed E-state index contributed by atoms with van der Waals surface area (Å²) in [5, 5.41) is 9.31. The molecule has 2 aromatic rings. The molecule has 0 bridgehead atoms. The number of carbonyl (C=O) groups is 1. The van der Waals surface area contributed by atoms with E-state index >= 15 is 0 Å². The van der Waals surface area contributed by atoms with Gasteiger partial charge in [-0.25, -0.2) is 17.9 Å². The van der Waals surface area contributed by atoms with Gasteiger partial charge in [-0.15, -0.1) is 0 Å². The van der Waals surface area contributed by atoms with Gasteiger partial charge in [0.1, 0.15) is 5.75 Å². The van der Waals surface area contributed by atoms with Gasteiger partial charge in [0.25, 0.3) is 0 Å². The van der Waals surface area contributed by atoms with E-state index < -0.39 is 22.6 Å². The molecule has 2 N–H and O–H groups in total. The molecule has 0 spiro atoms. The van der Waals surface area contributed by atoms with E-state index in [1.165, 1.54) is 6.07 Å². The van der Waals surface area contributed by atoms with Crippen molar-refractivity contribution in [2.45, 2.75) is 32.6 Å². The molecule has 2 rings (SSSR count). The first-order chi connectivity index (χ1) is 12.9. The summed E-state index contributed by atoms with van der Waals surface area (Å²) in [4.78, 5) is 11.0. The van der Waals surface area contributed by atoms with Crippen molar-refractivity contribution in [3.63, 3.8) is 0 Å². The van der Waals surface area contributed by atoms with Gasteiger partial charge in [0.15, 0.2) is 6.61 Å². The predicted octanol–water partition coefficient (Wildman–Crippen LogP) is 4.10. The summed E-state index contributed by atoms with van der Waals surface area (Å²) in [6.07, 6.45) is 0. The average Bonchev–Trinajstić information content (AvgIpc) is 2.58. The first-order valence-electron chi connectivity index (χ1n) is 8.64. The zero-order valence-corrected chi connectivity index (χ0v) is 17.8. The fraction of sp³-hybridized carbons (Fsp3) is 0.350. The van der Waals surface area contributed by atoms with Crippen LogP contribution < -0.4 is 9.46 Å². The van der Waals surface area contributed by atoms with Gasteiger partial charge < -0.3 is 9.84 Å². The van der Waals surface area contributed by atoms with Crippen molar-refractivity contribution < 1.29 is 23.1 Å². The highest BCUT2D eigenvalue weighted by molar-refractivity contribution is 7.89. The van der Waals surface area contributed by atoms with Crippen molar-refractivity contribution in [2.75, 3.05) is 13.2 Å². The number of sulfonamides is 1. The first kappa shape index (κ1) is 22.2. The number of carboxylic acids is 1. The Hall–Kier alpha value is -2.09. The molecule has 2 aromatic carbocycles. The molecule has 28 heavy (non-hydrogen) atoms. The maximum atomic E-state index is 12.7. The van der Waals surface area contributed by atoms with Crippen LogP contribution >= 0.6 is 11.6 Å². The Labute approximate surface area is 170 Å². The van der Waals surface area contributed by atoms with E-state index in [1.54, 1.807) is 30.3 Å². The van der Waals surface area contributed by atoms with E-state index in [9.17, 15) is 13.2 Å². The average molecular weight is 426 g/mol. The lowest BCUT2D eigenvalue weighted by Gasteiger charge is -2.19. The molecule has 0 saturated heterocycles. The van der Waals surface area contributed by atoms with E-state index in [2.05, 4.69) is 4.72 Å². The van der Waals surface area contributed by atoms with Crippen LogP contribution in [0.5, 0.6) is 5.75 Å². The monoisotopic (exact) mass is 425 g/mol. The highest BCUT2D eigenvalue weighted by Gasteiger charge is 2.20. The third kappa shape index (κ3) is 5.95. The molecular weight excluding hydrogens is 402 g/mol. The minimum Gasteiger partial charge on any atom is -0.481 e. The fourth-order valence-electron chi connectivity index (χ4n) is 2.43. The smallest absolute Gasteiger partial charge is 0.341 e. The Morgan fingerprint density at radius 2 is 1.82 bits per heavy atom. The topological polar surface area (TPSA) is 92.7 Å². The number of hydrogen-bond donors (Lipinski definition) is 2. The molecule has 0 aromatic heterocycles. The maximum Gasteiger partial charge on any atom is 0.341 e. The second-order valence-electron chi connectivity index (χ2n) is 7.68. The molecule has 0 aliphatic rings. The van der Waals surface area contributed by atoms with Gasteiger partial charge in [-0.2, -0.15) is 0 Å². The van der Waals surface area contributed by atoms with E-state index in [0.29, 0.717) is 28.4 Å². The number of rotatable bonds is 7. The van der Waals surface area contributed by atoms with E-state index in [1.807, 2.05) is 27.7 Å². The van der Waals surface area contributed by atoms with Crippen LogP contribution in [0.15, 0.2) is 41.3 Å². The molecule has 0 aliphatic carbocycles. The van der Waals surface area contributed by atoms with Gasteiger partial charge in [0, 0.05) is 17.1 Å². The number of halogens is 1. The summed E-state index contributed by atoms with van der Waals surface area (Å²) < 4.78 is 33.4. The molecule has 0 atom stereocenters. The summed E-state index contributed by atoms with van der Waals surface area (Å²) in [5.41, 5.74) is 1.73. The number of carboxylic acid groups (broad SMARTS) is 1. The number of benzene rings is 2. The van der Waals surface area contributed by atoms with Crippen LogP contribution in [0.2, 0.25) is 5.02 Å². The van der Waals surface area contributed by atoms with Crippen LogP contribution in [-0.2, 0) is 14.8 Å². The second-order valence-corrected chi connectivity index (χ2v) is 9.89. The Morgan fingerprint density at radius 3 is 2.43 bits per heavy atom. The molecule has 0 fully saturated rings. The highest BCUT2D eigenvalue weighted by atomic mass is 35.5. The Balaban J connectivity index is 2.49. The van der Waals surface area contributed by atoms with Crippen molar-refractivity contribution in [1.82, 2.24) is 4.72 Å². The Kier molecular flexibility index (Phi) is 6.75. The molecule has 0 unspecified atom stereocenters. The standard InChI is InChI=1S/C20H24ClNO5S/c1-13-5-7-15(28(25,26)22-12-20(2,3)4)10-16(13)17-9-14(21)6-8-18(17)27-11-19(23)24/h5-10,22H,11-12H2,1-4H3,(H,23,24). The zero-order valence-electron chi connectivity index (χ0n) is 16.2. The van der Waals surface area contributed by atoms with Gasteiger partial charge in [-0.3, -0.25) is 0 Å². The molecule has 152 valence electrons. The molecule has 0 heterocycles. The van der Waals surface area contributed by atoms with Crippen LogP contribution in [0.1, 0.15) is 26.3 Å². The Bertz CT molecular complexity index is 981. The van der Waals surface area contributed by atoms with Gasteiger partial charge in [0.05, 0.1) is 4.90 Å². The number of hydrogen-bond acceptors (Lipinski definition) is 4. The number of aryl methyl sites for hydroxylation is 1. The van der Waals surface area contributed by atoms with Crippen molar-refractivity contribution in [3.8, 4) is 16.9 Å². The van der Waals surface area contributed by atoms with Crippen LogP contribution in [0.4, 0.5) is 0 Å². The van der Waals surface area contributed by atoms with Gasteiger partial charge in [-0.1, -0.05) is 38.4 Å². The zero-order chi connectivity index (χ0) is 21.1. The van der Waals surface area contributed by atoms with Crippen LogP contribution in [0.3, 0.4) is 0 Å². The predicted molar refractivity (Wildman–Crippen MR) is 109 cm³/mol. The lowest BCUT2D eigenvalue weighted by Crippen LogP contribution is -2.32. The summed E-state index contributed by atoms with van der Waals surface area (Å²) in [5.74, 6) is -0.799. The van der Waals surface area contributed by atoms with Crippen LogP contribution in [0, 0.1) is 12.3 Å². The fourth-order valence-corrected chi connectivity index (χ4v) is 3.91. The number of aliphatic carboxylic acids is 1. The van der Waals surface area contributed by atoms with E-state index in [4.69, 9.17) is 21.4 Å². The number of nitrogens with one attached hydrogen (secondary N) is 1. The molecular formula is C20H24ClNO5S. The van der Waals surface area contributed by atoms with E-state index in [-0.39, 0.29) is 10.3 Å². The van der Waals surface area contributed by atoms with Crippen molar-refractivity contribution in [3.05, 3.63) is 47.0 Å². The first-order valence-corrected chi connectivity index (χ1v) is 10.5. The lowest BCUT2D eigenvalue weighted by atomic mass is 9.98. The lowest BCUT2D eigenvalue weighted by molar-refractivity contribution is -0.139. The molecule has 0 amide bonds. The van der Waals surface area contributed by atoms with Crippen molar-refractivity contribution >= 4 is 27.6 Å². The molecule has 0 aliphatic heterocycles. The number of ether oxygens (including phenoxy) is 1. The summed E-state index contributed by atoms with van der Waals surface area (Å²) in [6, 6.07) is 9.55. The minimum atomic E-state index is -3.71. The quantitative estimate of drug-likeness (QED) is 0.696. The minimum absolute atomic E-state index is 0.113. The van der Waals surface area contributed by atoms with Crippen molar-refractivity contribution in [1.29, 1.82) is 0 Å². The van der Waals surface area contributed by atoms with Crippen LogP contribution in [0.25, 0.3) is 11.1 Å². The largest absolute Gasteiger partial charge is 0.481 e. The second kappa shape index (κ2) is 8.51. The third-order valence-electron chi connectivity index (χ3n) is 3.89. The van der Waals surface area contributed by atoms with Gasteiger partial charge in [0.2, 0.25) is 10.0 Å². The molecule has 0 radical (unpaired) electrons.